The van der Waals surface area contributed by atoms with Crippen molar-refractivity contribution in [1.82, 2.24) is 10.6 Å². The highest BCUT2D eigenvalue weighted by Crippen LogP contribution is 2.23. The number of nitrogens with one attached hydrogen (secondary N) is 2. The lowest BCUT2D eigenvalue weighted by molar-refractivity contribution is 0.238. The summed E-state index contributed by atoms with van der Waals surface area (Å²) in [5, 5.41) is 5.64. The van der Waals surface area contributed by atoms with Crippen molar-refractivity contribution >= 4 is 6.03 Å². The molecule has 4 nitrogen and oxygen atoms in total. The highest BCUT2D eigenvalue weighted by molar-refractivity contribution is 5.74. The van der Waals surface area contributed by atoms with E-state index in [0.717, 1.165) is 22.4 Å². The van der Waals surface area contributed by atoms with E-state index in [1.807, 2.05) is 39.8 Å². The molecule has 0 unspecified atom stereocenters. The van der Waals surface area contributed by atoms with E-state index in [-0.39, 0.29) is 12.1 Å². The maximum absolute atomic E-state index is 11.5. The standard InChI is InChI=1S/C14H22N2O2/c1-9(2)16-14(17)15-8-12-6-7-13(18-5)11(4)10(12)3/h6-7,9H,8H2,1-5H3,(H2,15,16,17). The van der Waals surface area contributed by atoms with Crippen LogP contribution in [0.25, 0.3) is 0 Å². The monoisotopic (exact) mass is 250 g/mol. The minimum absolute atomic E-state index is 0.141. The van der Waals surface area contributed by atoms with Crippen LogP contribution in [-0.4, -0.2) is 19.2 Å². The second-order valence-corrected chi connectivity index (χ2v) is 4.66. The molecule has 4 heteroatoms. The molecule has 0 aliphatic rings. The molecule has 0 radical (unpaired) electrons. The first-order valence-corrected chi connectivity index (χ1v) is 6.13. The van der Waals surface area contributed by atoms with Crippen LogP contribution in [0.1, 0.15) is 30.5 Å². The van der Waals surface area contributed by atoms with E-state index in [9.17, 15) is 4.79 Å². The fourth-order valence-corrected chi connectivity index (χ4v) is 1.75. The largest absolute Gasteiger partial charge is 0.496 e. The zero-order valence-electron chi connectivity index (χ0n) is 11.8. The molecule has 0 aromatic heterocycles. The zero-order valence-corrected chi connectivity index (χ0v) is 11.8. The van der Waals surface area contributed by atoms with Gasteiger partial charge in [0.25, 0.3) is 0 Å². The Bertz CT molecular complexity index is 428. The normalized spacial score (nSPS) is 10.3. The predicted molar refractivity (Wildman–Crippen MR) is 73.0 cm³/mol. The quantitative estimate of drug-likeness (QED) is 0.862. The Morgan fingerprint density at radius 3 is 2.50 bits per heavy atom. The van der Waals surface area contributed by atoms with Crippen LogP contribution < -0.4 is 15.4 Å². The highest BCUT2D eigenvalue weighted by Gasteiger charge is 2.08. The third-order valence-electron chi connectivity index (χ3n) is 2.93. The Morgan fingerprint density at radius 2 is 1.94 bits per heavy atom. The number of carbonyl (C=O) groups excluding carboxylic acids is 1. The van der Waals surface area contributed by atoms with Crippen molar-refractivity contribution in [1.29, 1.82) is 0 Å². The first kappa shape index (κ1) is 14.4. The lowest BCUT2D eigenvalue weighted by Gasteiger charge is -2.14. The van der Waals surface area contributed by atoms with Gasteiger partial charge >= 0.3 is 6.03 Å². The van der Waals surface area contributed by atoms with Crippen molar-refractivity contribution in [3.8, 4) is 5.75 Å². The van der Waals surface area contributed by atoms with E-state index in [0.29, 0.717) is 6.54 Å². The average molecular weight is 250 g/mol. The minimum atomic E-state index is -0.141. The second kappa shape index (κ2) is 6.28. The molecule has 100 valence electrons. The summed E-state index contributed by atoms with van der Waals surface area (Å²) in [6.07, 6.45) is 0. The molecule has 2 N–H and O–H groups in total. The number of amides is 2. The number of ether oxygens (including phenoxy) is 1. The van der Waals surface area contributed by atoms with Gasteiger partial charge in [0.05, 0.1) is 7.11 Å². The van der Waals surface area contributed by atoms with E-state index >= 15 is 0 Å². The van der Waals surface area contributed by atoms with Gasteiger partial charge in [-0.1, -0.05) is 6.07 Å². The van der Waals surface area contributed by atoms with Crippen LogP contribution in [0.3, 0.4) is 0 Å². The van der Waals surface area contributed by atoms with Gasteiger partial charge in [-0.3, -0.25) is 0 Å². The van der Waals surface area contributed by atoms with Crippen LogP contribution in [0.15, 0.2) is 12.1 Å². The molecule has 0 heterocycles. The molecular formula is C14H22N2O2. The van der Waals surface area contributed by atoms with Gasteiger partial charge in [-0.2, -0.15) is 0 Å². The zero-order chi connectivity index (χ0) is 13.7. The summed E-state index contributed by atoms with van der Waals surface area (Å²) in [5.41, 5.74) is 3.37. The fourth-order valence-electron chi connectivity index (χ4n) is 1.75. The maximum Gasteiger partial charge on any atom is 0.315 e. The number of rotatable bonds is 4. The van der Waals surface area contributed by atoms with Crippen LogP contribution in [0, 0.1) is 13.8 Å². The molecule has 0 bridgehead atoms. The van der Waals surface area contributed by atoms with Crippen molar-refractivity contribution in [2.75, 3.05) is 7.11 Å². The molecular weight excluding hydrogens is 228 g/mol. The average Bonchev–Trinajstić information content (AvgIpc) is 2.30. The van der Waals surface area contributed by atoms with Crippen LogP contribution in [-0.2, 0) is 6.54 Å². The van der Waals surface area contributed by atoms with Crippen LogP contribution in [0.5, 0.6) is 5.75 Å². The van der Waals surface area contributed by atoms with Gasteiger partial charge in [0, 0.05) is 12.6 Å². The Morgan fingerprint density at radius 1 is 1.28 bits per heavy atom. The summed E-state index contributed by atoms with van der Waals surface area (Å²) < 4.78 is 5.26. The summed E-state index contributed by atoms with van der Waals surface area (Å²) in [4.78, 5) is 11.5. The molecule has 0 aliphatic heterocycles. The Kier molecular flexibility index (Phi) is 5.01. The van der Waals surface area contributed by atoms with E-state index in [4.69, 9.17) is 4.74 Å². The second-order valence-electron chi connectivity index (χ2n) is 4.66. The number of hydrogen-bond acceptors (Lipinski definition) is 2. The van der Waals surface area contributed by atoms with E-state index in [1.54, 1.807) is 7.11 Å². The van der Waals surface area contributed by atoms with Crippen molar-refractivity contribution in [3.63, 3.8) is 0 Å². The van der Waals surface area contributed by atoms with Crippen LogP contribution in [0.2, 0.25) is 0 Å². The number of benzene rings is 1. The van der Waals surface area contributed by atoms with E-state index in [2.05, 4.69) is 10.6 Å². The summed E-state index contributed by atoms with van der Waals surface area (Å²) in [5.74, 6) is 0.878. The Hall–Kier alpha value is -1.71. The molecule has 0 spiro atoms. The molecule has 1 aromatic carbocycles. The SMILES string of the molecule is COc1ccc(CNC(=O)NC(C)C)c(C)c1C. The number of hydrogen-bond donors (Lipinski definition) is 2. The summed E-state index contributed by atoms with van der Waals surface area (Å²) in [6, 6.07) is 3.91. The smallest absolute Gasteiger partial charge is 0.315 e. The van der Waals surface area contributed by atoms with Crippen molar-refractivity contribution in [2.45, 2.75) is 40.3 Å². The lowest BCUT2D eigenvalue weighted by atomic mass is 10.0. The van der Waals surface area contributed by atoms with Gasteiger partial charge in [0.1, 0.15) is 5.75 Å². The van der Waals surface area contributed by atoms with Gasteiger partial charge < -0.3 is 15.4 Å². The first-order chi connectivity index (χ1) is 8.45. The molecule has 18 heavy (non-hydrogen) atoms. The summed E-state index contributed by atoms with van der Waals surface area (Å²) in [7, 11) is 1.66. The molecule has 0 saturated carbocycles. The van der Waals surface area contributed by atoms with Crippen LogP contribution in [0.4, 0.5) is 4.79 Å². The third kappa shape index (κ3) is 3.65. The third-order valence-corrected chi connectivity index (χ3v) is 2.93. The summed E-state index contributed by atoms with van der Waals surface area (Å²) >= 11 is 0. The molecule has 0 aliphatic carbocycles. The molecule has 0 saturated heterocycles. The molecule has 0 atom stereocenters. The van der Waals surface area contributed by atoms with Crippen LogP contribution >= 0.6 is 0 Å². The molecule has 0 fully saturated rings. The summed E-state index contributed by atoms with van der Waals surface area (Å²) in [6.45, 7) is 8.45. The van der Waals surface area contributed by atoms with Gasteiger partial charge in [-0.15, -0.1) is 0 Å². The van der Waals surface area contributed by atoms with Gasteiger partial charge in [0.15, 0.2) is 0 Å². The van der Waals surface area contributed by atoms with Gasteiger partial charge in [-0.25, -0.2) is 4.79 Å². The highest BCUT2D eigenvalue weighted by atomic mass is 16.5. The maximum atomic E-state index is 11.5. The topological polar surface area (TPSA) is 50.4 Å². The predicted octanol–water partition coefficient (Wildman–Crippen LogP) is 2.52. The van der Waals surface area contributed by atoms with Crippen molar-refractivity contribution in [2.24, 2.45) is 0 Å². The number of urea groups is 1. The van der Waals surface area contributed by atoms with E-state index in [1.165, 1.54) is 0 Å². The van der Waals surface area contributed by atoms with E-state index < -0.39 is 0 Å². The number of carbonyl (C=O) groups is 1. The molecule has 1 aromatic rings. The van der Waals surface area contributed by atoms with Gasteiger partial charge in [0.2, 0.25) is 0 Å². The van der Waals surface area contributed by atoms with Crippen molar-refractivity contribution in [3.05, 3.63) is 28.8 Å². The minimum Gasteiger partial charge on any atom is -0.496 e. The Labute approximate surface area is 109 Å². The van der Waals surface area contributed by atoms with Crippen molar-refractivity contribution < 1.29 is 9.53 Å². The van der Waals surface area contributed by atoms with Gasteiger partial charge in [-0.05, 0) is 50.5 Å². The first-order valence-electron chi connectivity index (χ1n) is 6.13. The molecule has 2 amide bonds. The number of methoxy groups -OCH3 is 1. The molecule has 1 rings (SSSR count). The lowest BCUT2D eigenvalue weighted by Crippen LogP contribution is -2.39. The Balaban J connectivity index is 2.69. The fraction of sp³-hybridized carbons (Fsp3) is 0.500.